The highest BCUT2D eigenvalue weighted by molar-refractivity contribution is 5.92. The Morgan fingerprint density at radius 1 is 1.09 bits per heavy atom. The molecule has 2 N–H and O–H groups in total. The smallest absolute Gasteiger partial charge is 0.223 e. The molecule has 0 radical (unpaired) electrons. The van der Waals surface area contributed by atoms with Crippen LogP contribution in [0.1, 0.15) is 98.5 Å². The summed E-state index contributed by atoms with van der Waals surface area (Å²) >= 11 is 0. The van der Waals surface area contributed by atoms with E-state index in [1.54, 1.807) is 0 Å². The summed E-state index contributed by atoms with van der Waals surface area (Å²) in [6, 6.07) is 10.6. The number of carbonyl (C=O) groups is 2. The quantitative estimate of drug-likeness (QED) is 0.342. The van der Waals surface area contributed by atoms with Crippen LogP contribution in [0.2, 0.25) is 0 Å². The van der Waals surface area contributed by atoms with Crippen LogP contribution in [-0.2, 0) is 16.1 Å². The van der Waals surface area contributed by atoms with E-state index in [1.165, 1.54) is 5.56 Å². The fraction of sp³-hybridized carbons (Fsp3) is 0.763. The average molecular weight is 604 g/mol. The van der Waals surface area contributed by atoms with Crippen molar-refractivity contribution in [2.75, 3.05) is 14.1 Å². The summed E-state index contributed by atoms with van der Waals surface area (Å²) in [5, 5.41) is 15.1. The minimum Gasteiger partial charge on any atom is -0.393 e. The maximum absolute atomic E-state index is 14.8. The number of amides is 1. The molecule has 44 heavy (non-hydrogen) atoms. The summed E-state index contributed by atoms with van der Waals surface area (Å²) in [7, 11) is 4.20. The zero-order valence-corrected chi connectivity index (χ0v) is 28.5. The first kappa shape index (κ1) is 31.9. The Morgan fingerprint density at radius 3 is 2.43 bits per heavy atom. The average Bonchev–Trinajstić information content (AvgIpc) is 3.62. The number of hydrogen-bond donors (Lipinski definition) is 2. The Morgan fingerprint density at radius 2 is 1.77 bits per heavy atom. The van der Waals surface area contributed by atoms with Crippen LogP contribution >= 0.6 is 0 Å². The van der Waals surface area contributed by atoms with E-state index in [4.69, 9.17) is 4.99 Å². The third kappa shape index (κ3) is 4.21. The molecule has 6 heteroatoms. The highest BCUT2D eigenvalue weighted by atomic mass is 16.3. The van der Waals surface area contributed by atoms with E-state index in [-0.39, 0.29) is 63.0 Å². The van der Waals surface area contributed by atoms with Gasteiger partial charge in [-0.1, -0.05) is 65.0 Å². The number of aliphatic hydroxyl groups excluding tert-OH is 1. The molecule has 0 heterocycles. The Balaban J connectivity index is 1.36. The topological polar surface area (TPSA) is 82.0 Å². The van der Waals surface area contributed by atoms with Crippen molar-refractivity contribution in [3.8, 4) is 0 Å². The molecule has 5 aliphatic rings. The molecule has 0 aliphatic heterocycles. The Kier molecular flexibility index (Phi) is 7.80. The van der Waals surface area contributed by atoms with Gasteiger partial charge in [0.05, 0.1) is 12.6 Å². The number of rotatable bonds is 8. The SMILES string of the molecule is CC[C@H](C)C(=O)N[C@H]1CC[C@]23C[C@]24C(=O)C[C@]2(C)[C@@H]([C@H](C)N(C)C)[C@H](O)C[C@@]2(C)[C@@H]4CC[C@H]3[C@]1(C)C=NCc1ccccc1. The molecule has 0 aromatic heterocycles. The Labute approximate surface area is 265 Å². The van der Waals surface area contributed by atoms with Gasteiger partial charge in [-0.15, -0.1) is 0 Å². The van der Waals surface area contributed by atoms with Gasteiger partial charge in [0.25, 0.3) is 0 Å². The largest absolute Gasteiger partial charge is 0.393 e. The lowest BCUT2D eigenvalue weighted by molar-refractivity contribution is -0.167. The van der Waals surface area contributed by atoms with Gasteiger partial charge in [0, 0.05) is 47.4 Å². The van der Waals surface area contributed by atoms with Gasteiger partial charge in [0.15, 0.2) is 0 Å². The number of Topliss-reactive ketones (excluding diaryl/α,β-unsaturated/α-hetero) is 1. The fourth-order valence-corrected chi connectivity index (χ4v) is 12.0. The molecule has 12 atom stereocenters. The second kappa shape index (κ2) is 10.8. The van der Waals surface area contributed by atoms with Gasteiger partial charge >= 0.3 is 0 Å². The third-order valence-electron chi connectivity index (χ3n) is 14.8. The summed E-state index contributed by atoms with van der Waals surface area (Å²) in [4.78, 5) is 35.3. The molecule has 6 rings (SSSR count). The standard InChI is InChI=1S/C38H57N3O3/c1-9-24(2)33(44)40-30-17-18-37-22-38(37)29(16-15-28(37)34(30,4)23-39-21-26-13-11-10-12-14-26)35(5)19-27(42)32(25(3)41(7)8)36(35,6)20-31(38)43/h10-14,23-25,27-30,32,42H,9,15-22H2,1-8H3,(H,40,44)/t24-,25-,27+,28-,29-,30-,32-,34-,35-,36+,37+,38-/m0/s1. The lowest BCUT2D eigenvalue weighted by atomic mass is 9.41. The van der Waals surface area contributed by atoms with E-state index < -0.39 is 0 Å². The molecule has 1 aromatic carbocycles. The third-order valence-corrected chi connectivity index (χ3v) is 14.8. The summed E-state index contributed by atoms with van der Waals surface area (Å²) in [6.45, 7) is 14.0. The van der Waals surface area contributed by atoms with Crippen LogP contribution in [0.5, 0.6) is 0 Å². The monoisotopic (exact) mass is 603 g/mol. The fourth-order valence-electron chi connectivity index (χ4n) is 12.0. The summed E-state index contributed by atoms with van der Waals surface area (Å²) in [6.07, 6.45) is 8.86. The number of aliphatic hydroxyl groups is 1. The second-order valence-corrected chi connectivity index (χ2v) is 16.7. The molecule has 0 bridgehead atoms. The van der Waals surface area contributed by atoms with Gasteiger partial charge in [-0.3, -0.25) is 14.6 Å². The van der Waals surface area contributed by atoms with Crippen molar-refractivity contribution in [3.05, 3.63) is 35.9 Å². The highest BCUT2D eigenvalue weighted by Crippen LogP contribution is 2.87. The first-order chi connectivity index (χ1) is 20.7. The number of nitrogens with zero attached hydrogens (tertiary/aromatic N) is 2. The van der Waals surface area contributed by atoms with Gasteiger partial charge in [0.1, 0.15) is 5.78 Å². The van der Waals surface area contributed by atoms with Crippen molar-refractivity contribution in [1.29, 1.82) is 0 Å². The van der Waals surface area contributed by atoms with Crippen LogP contribution in [0.25, 0.3) is 0 Å². The highest BCUT2D eigenvalue weighted by Gasteiger charge is 2.86. The van der Waals surface area contributed by atoms with Crippen molar-refractivity contribution in [2.45, 2.75) is 118 Å². The number of carbonyl (C=O) groups excluding carboxylic acids is 2. The van der Waals surface area contributed by atoms with Crippen molar-refractivity contribution in [3.63, 3.8) is 0 Å². The van der Waals surface area contributed by atoms with Crippen LogP contribution in [-0.4, -0.2) is 60.2 Å². The van der Waals surface area contributed by atoms with Crippen molar-refractivity contribution in [2.24, 2.45) is 55.7 Å². The Bertz CT molecular complexity index is 1310. The molecule has 5 aliphatic carbocycles. The van der Waals surface area contributed by atoms with Crippen LogP contribution in [0, 0.1) is 50.7 Å². The molecular weight excluding hydrogens is 546 g/mol. The van der Waals surface area contributed by atoms with Crippen LogP contribution in [0.3, 0.4) is 0 Å². The van der Waals surface area contributed by atoms with Crippen LogP contribution in [0.15, 0.2) is 35.3 Å². The first-order valence-electron chi connectivity index (χ1n) is 17.4. The van der Waals surface area contributed by atoms with Crippen LogP contribution < -0.4 is 5.32 Å². The van der Waals surface area contributed by atoms with Gasteiger partial charge in [0.2, 0.25) is 5.91 Å². The summed E-state index contributed by atoms with van der Waals surface area (Å²) in [5.41, 5.74) is 0.202. The Hall–Kier alpha value is -2.05. The second-order valence-electron chi connectivity index (χ2n) is 16.7. The summed E-state index contributed by atoms with van der Waals surface area (Å²) < 4.78 is 0. The molecule has 242 valence electrons. The number of fused-ring (bicyclic) bond motifs is 2. The zero-order valence-electron chi connectivity index (χ0n) is 28.5. The van der Waals surface area contributed by atoms with Crippen molar-refractivity contribution < 1.29 is 14.7 Å². The lowest BCUT2D eigenvalue weighted by Crippen LogP contribution is -2.63. The maximum Gasteiger partial charge on any atom is 0.223 e. The van der Waals surface area contributed by atoms with E-state index >= 15 is 0 Å². The molecule has 1 amide bonds. The molecule has 2 spiro atoms. The lowest BCUT2D eigenvalue weighted by Gasteiger charge is -2.62. The number of ketones is 1. The number of aliphatic imine (C=N–C) groups is 1. The minimum absolute atomic E-state index is 0.00603. The molecule has 1 aromatic rings. The van der Waals surface area contributed by atoms with Crippen molar-refractivity contribution in [1.82, 2.24) is 10.2 Å². The predicted molar refractivity (Wildman–Crippen MR) is 176 cm³/mol. The number of benzene rings is 1. The van der Waals surface area contributed by atoms with E-state index in [9.17, 15) is 14.7 Å². The van der Waals surface area contributed by atoms with Gasteiger partial charge < -0.3 is 15.3 Å². The van der Waals surface area contributed by atoms with E-state index in [1.807, 2.05) is 13.0 Å². The first-order valence-corrected chi connectivity index (χ1v) is 17.4. The van der Waals surface area contributed by atoms with Gasteiger partial charge in [-0.05, 0) is 99.6 Å². The number of hydrogen-bond acceptors (Lipinski definition) is 5. The summed E-state index contributed by atoms with van der Waals surface area (Å²) in [5.74, 6) is 1.24. The zero-order chi connectivity index (χ0) is 31.9. The van der Waals surface area contributed by atoms with Crippen LogP contribution in [0.4, 0.5) is 0 Å². The number of nitrogens with one attached hydrogen (secondary N) is 1. The van der Waals surface area contributed by atoms with E-state index in [2.05, 4.69) is 89.4 Å². The molecule has 6 nitrogen and oxygen atoms in total. The normalized spacial score (nSPS) is 45.7. The van der Waals surface area contributed by atoms with E-state index in [0.29, 0.717) is 30.6 Å². The molecule has 5 fully saturated rings. The molecule has 0 unspecified atom stereocenters. The molecule has 5 saturated carbocycles. The predicted octanol–water partition coefficient (Wildman–Crippen LogP) is 6.31. The van der Waals surface area contributed by atoms with Gasteiger partial charge in [-0.2, -0.15) is 0 Å². The van der Waals surface area contributed by atoms with Crippen molar-refractivity contribution >= 4 is 17.9 Å². The van der Waals surface area contributed by atoms with E-state index in [0.717, 1.165) is 44.9 Å². The molecule has 0 saturated heterocycles. The minimum atomic E-state index is -0.389. The maximum atomic E-state index is 14.8. The van der Waals surface area contributed by atoms with Gasteiger partial charge in [-0.25, -0.2) is 0 Å². The molecular formula is C38H57N3O3.